The van der Waals surface area contributed by atoms with E-state index in [1.165, 1.54) is 39.2 Å². The van der Waals surface area contributed by atoms with Gasteiger partial charge in [0.1, 0.15) is 36.7 Å². The lowest BCUT2D eigenvalue weighted by Crippen LogP contribution is -2.02. The highest BCUT2D eigenvalue weighted by Crippen LogP contribution is 2.28. The van der Waals surface area contributed by atoms with Crippen LogP contribution >= 0.6 is 0 Å². The normalized spacial score (nSPS) is 11.6. The average Bonchev–Trinajstić information content (AvgIpc) is 2.84. The molecule has 0 saturated heterocycles. The fourth-order valence-electron chi connectivity index (χ4n) is 3.78. The van der Waals surface area contributed by atoms with E-state index in [-0.39, 0.29) is 0 Å². The summed E-state index contributed by atoms with van der Waals surface area (Å²) in [5.74, 6) is 2.68. The molecule has 192 valence electrons. The second-order valence-corrected chi connectivity index (χ2v) is 8.68. The van der Waals surface area contributed by atoms with Crippen molar-refractivity contribution < 1.29 is 19.0 Å². The molecular formula is C29H42N2O4. The third-order valence-electron chi connectivity index (χ3n) is 5.65. The second-order valence-electron chi connectivity index (χ2n) is 8.68. The first-order valence-corrected chi connectivity index (χ1v) is 12.7. The Labute approximate surface area is 211 Å². The van der Waals surface area contributed by atoms with E-state index in [2.05, 4.69) is 36.1 Å². The van der Waals surface area contributed by atoms with E-state index in [1.807, 2.05) is 38.1 Å². The zero-order valence-corrected chi connectivity index (χ0v) is 22.1. The first-order valence-electron chi connectivity index (χ1n) is 12.7. The van der Waals surface area contributed by atoms with Gasteiger partial charge in [0, 0.05) is 0 Å². The minimum Gasteiger partial charge on any atom is -0.493 e. The van der Waals surface area contributed by atoms with Gasteiger partial charge in [-0.25, -0.2) is 0 Å². The van der Waals surface area contributed by atoms with Gasteiger partial charge in [0.25, 0.3) is 0 Å². The Morgan fingerprint density at radius 3 is 2.06 bits per heavy atom. The molecule has 1 heterocycles. The molecule has 1 aromatic heterocycles. The fraction of sp³-hybridized carbons (Fsp3) is 0.517. The lowest BCUT2D eigenvalue weighted by molar-refractivity contribution is 0.213. The minimum atomic E-state index is 0.597. The number of pyridine rings is 1. The summed E-state index contributed by atoms with van der Waals surface area (Å²) >= 11 is 0. The molecule has 1 aromatic carbocycles. The molecule has 0 radical (unpaired) electrons. The number of rotatable bonds is 17. The molecule has 0 N–H and O–H groups in total. The Balaban J connectivity index is 1.51. The summed E-state index contributed by atoms with van der Waals surface area (Å²) in [6.45, 7) is 10.1. The van der Waals surface area contributed by atoms with Crippen molar-refractivity contribution in [1.29, 1.82) is 0 Å². The summed E-state index contributed by atoms with van der Waals surface area (Å²) in [6.07, 6.45) is 14.0. The standard InChI is InChI=1S/C29H42N2O4/c1-6-7-17-34-27-20-23(2)29(24(3)21-27)35-19-14-12-10-8-9-11-13-18-33-26-15-16-28(30-22-26)25(4)31-32-5/h6-7,15-16,20-22H,8-14,17-19H2,1-5H3/b7-6+,31-25+. The molecule has 35 heavy (non-hydrogen) atoms. The number of aromatic nitrogens is 1. The molecule has 0 amide bonds. The van der Waals surface area contributed by atoms with Gasteiger partial charge in [-0.2, -0.15) is 0 Å². The molecule has 0 aliphatic carbocycles. The van der Waals surface area contributed by atoms with Gasteiger partial charge in [-0.15, -0.1) is 0 Å². The molecule has 0 atom stereocenters. The van der Waals surface area contributed by atoms with Crippen LogP contribution in [0, 0.1) is 13.8 Å². The zero-order chi connectivity index (χ0) is 25.3. The van der Waals surface area contributed by atoms with Crippen molar-refractivity contribution in [2.24, 2.45) is 5.16 Å². The van der Waals surface area contributed by atoms with Crippen molar-refractivity contribution in [3.8, 4) is 17.2 Å². The predicted octanol–water partition coefficient (Wildman–Crippen LogP) is 7.21. The van der Waals surface area contributed by atoms with Gasteiger partial charge >= 0.3 is 0 Å². The van der Waals surface area contributed by atoms with Gasteiger partial charge in [-0.1, -0.05) is 49.4 Å². The van der Waals surface area contributed by atoms with Crippen LogP contribution in [0.5, 0.6) is 17.2 Å². The van der Waals surface area contributed by atoms with E-state index in [0.717, 1.165) is 65.8 Å². The predicted molar refractivity (Wildman–Crippen MR) is 143 cm³/mol. The number of benzene rings is 1. The van der Waals surface area contributed by atoms with Gasteiger partial charge < -0.3 is 19.0 Å². The van der Waals surface area contributed by atoms with E-state index in [4.69, 9.17) is 19.0 Å². The summed E-state index contributed by atoms with van der Waals surface area (Å²) in [5.41, 5.74) is 3.79. The van der Waals surface area contributed by atoms with Crippen LogP contribution in [0.3, 0.4) is 0 Å². The monoisotopic (exact) mass is 482 g/mol. The summed E-state index contributed by atoms with van der Waals surface area (Å²) in [7, 11) is 1.53. The van der Waals surface area contributed by atoms with E-state index in [0.29, 0.717) is 6.61 Å². The maximum Gasteiger partial charge on any atom is 0.137 e. The summed E-state index contributed by atoms with van der Waals surface area (Å²) in [4.78, 5) is 9.13. The Morgan fingerprint density at radius 1 is 0.857 bits per heavy atom. The van der Waals surface area contributed by atoms with Crippen LogP contribution in [0.4, 0.5) is 0 Å². The van der Waals surface area contributed by atoms with Gasteiger partial charge in [-0.3, -0.25) is 4.98 Å². The van der Waals surface area contributed by atoms with Gasteiger partial charge in [-0.05, 0) is 75.9 Å². The van der Waals surface area contributed by atoms with E-state index in [9.17, 15) is 0 Å². The first kappa shape index (κ1) is 28.2. The number of unbranched alkanes of at least 4 members (excludes halogenated alkanes) is 6. The third kappa shape index (κ3) is 10.8. The number of nitrogens with zero attached hydrogens (tertiary/aromatic N) is 2. The van der Waals surface area contributed by atoms with Crippen LogP contribution in [0.25, 0.3) is 0 Å². The van der Waals surface area contributed by atoms with Crippen molar-refractivity contribution in [2.75, 3.05) is 26.9 Å². The summed E-state index contributed by atoms with van der Waals surface area (Å²) in [6, 6.07) is 7.94. The maximum absolute atomic E-state index is 6.08. The molecule has 2 rings (SSSR count). The van der Waals surface area contributed by atoms with Crippen LogP contribution < -0.4 is 14.2 Å². The highest BCUT2D eigenvalue weighted by Gasteiger charge is 2.07. The maximum atomic E-state index is 6.08. The van der Waals surface area contributed by atoms with Crippen LogP contribution in [-0.4, -0.2) is 37.6 Å². The van der Waals surface area contributed by atoms with E-state index in [1.54, 1.807) is 6.20 Å². The number of allylic oxidation sites excluding steroid dienone is 1. The lowest BCUT2D eigenvalue weighted by Gasteiger charge is -2.14. The molecular weight excluding hydrogens is 440 g/mol. The van der Waals surface area contributed by atoms with Crippen molar-refractivity contribution >= 4 is 5.71 Å². The molecule has 0 bridgehead atoms. The SMILES string of the molecule is C/C=C/COc1cc(C)c(OCCCCCCCCCOc2ccc(/C(C)=N/OC)nc2)c(C)c1. The highest BCUT2D eigenvalue weighted by molar-refractivity contribution is 5.96. The summed E-state index contributed by atoms with van der Waals surface area (Å²) in [5, 5.41) is 3.89. The molecule has 0 aliphatic rings. The number of aryl methyl sites for hydroxylation is 2. The molecule has 6 nitrogen and oxygen atoms in total. The molecule has 6 heteroatoms. The molecule has 2 aromatic rings. The van der Waals surface area contributed by atoms with Gasteiger partial charge in [0.05, 0.1) is 25.1 Å². The first-order chi connectivity index (χ1) is 17.0. The van der Waals surface area contributed by atoms with Crippen molar-refractivity contribution in [3.05, 3.63) is 59.4 Å². The Kier molecular flexibility index (Phi) is 13.4. The minimum absolute atomic E-state index is 0.597. The number of hydrogen-bond donors (Lipinski definition) is 0. The Hall–Kier alpha value is -3.02. The lowest BCUT2D eigenvalue weighted by atomic mass is 10.1. The van der Waals surface area contributed by atoms with Crippen molar-refractivity contribution in [2.45, 2.75) is 72.6 Å². The average molecular weight is 483 g/mol. The largest absolute Gasteiger partial charge is 0.493 e. The van der Waals surface area contributed by atoms with Gasteiger partial charge in [0.2, 0.25) is 0 Å². The zero-order valence-electron chi connectivity index (χ0n) is 22.1. The van der Waals surface area contributed by atoms with Crippen molar-refractivity contribution in [3.63, 3.8) is 0 Å². The molecule has 0 unspecified atom stereocenters. The molecule has 0 aliphatic heterocycles. The molecule has 0 fully saturated rings. The number of oxime groups is 1. The van der Waals surface area contributed by atoms with Crippen molar-refractivity contribution in [1.82, 2.24) is 4.98 Å². The van der Waals surface area contributed by atoms with E-state index < -0.39 is 0 Å². The van der Waals surface area contributed by atoms with Crippen LogP contribution in [0.2, 0.25) is 0 Å². The Bertz CT molecular complexity index is 900. The highest BCUT2D eigenvalue weighted by atomic mass is 16.6. The quantitative estimate of drug-likeness (QED) is 0.103. The molecule has 0 spiro atoms. The third-order valence-corrected chi connectivity index (χ3v) is 5.65. The van der Waals surface area contributed by atoms with Gasteiger partial charge in [0.15, 0.2) is 0 Å². The molecule has 0 saturated carbocycles. The van der Waals surface area contributed by atoms with Crippen LogP contribution in [0.1, 0.15) is 75.6 Å². The smallest absolute Gasteiger partial charge is 0.137 e. The summed E-state index contributed by atoms with van der Waals surface area (Å²) < 4.78 is 17.6. The van der Waals surface area contributed by atoms with Crippen LogP contribution in [-0.2, 0) is 4.84 Å². The van der Waals surface area contributed by atoms with E-state index >= 15 is 0 Å². The Morgan fingerprint density at radius 2 is 1.49 bits per heavy atom. The number of hydrogen-bond acceptors (Lipinski definition) is 6. The second kappa shape index (κ2) is 16.6. The fourth-order valence-corrected chi connectivity index (χ4v) is 3.78. The topological polar surface area (TPSA) is 62.2 Å². The number of ether oxygens (including phenoxy) is 3. The van der Waals surface area contributed by atoms with Crippen LogP contribution in [0.15, 0.2) is 47.8 Å².